The Bertz CT molecular complexity index is 1320. The van der Waals surface area contributed by atoms with Crippen LogP contribution in [0.25, 0.3) is 0 Å². The normalized spacial score (nSPS) is 26.3. The van der Waals surface area contributed by atoms with Gasteiger partial charge in [-0.15, -0.1) is 11.8 Å². The number of anilines is 2. The van der Waals surface area contributed by atoms with Gasteiger partial charge in [-0.2, -0.15) is 0 Å². The molecule has 6 rings (SSSR count). The van der Waals surface area contributed by atoms with E-state index in [1.54, 1.807) is 28.8 Å². The van der Waals surface area contributed by atoms with Crippen LogP contribution >= 0.6 is 34.7 Å². The summed E-state index contributed by atoms with van der Waals surface area (Å²) in [6.07, 6.45) is 3.88. The van der Waals surface area contributed by atoms with Crippen molar-refractivity contribution in [3.8, 4) is 0 Å². The van der Waals surface area contributed by atoms with Crippen LogP contribution in [-0.4, -0.2) is 29.8 Å². The number of nitrogens with zero attached hydrogens (tertiary/aromatic N) is 2. The second-order valence-electron chi connectivity index (χ2n) is 10.1. The lowest BCUT2D eigenvalue weighted by atomic mass is 9.75. The summed E-state index contributed by atoms with van der Waals surface area (Å²) in [5.74, 6) is 2.02. The predicted molar refractivity (Wildman–Crippen MR) is 145 cm³/mol. The lowest BCUT2D eigenvalue weighted by Gasteiger charge is -2.40. The summed E-state index contributed by atoms with van der Waals surface area (Å²) in [7, 11) is 4.11. The molecule has 4 unspecified atom stereocenters. The third-order valence-corrected chi connectivity index (χ3v) is 11.0. The summed E-state index contributed by atoms with van der Waals surface area (Å²) in [6.45, 7) is 0.0259. The van der Waals surface area contributed by atoms with E-state index in [1.807, 2.05) is 11.8 Å². The zero-order chi connectivity index (χ0) is 24.3. The summed E-state index contributed by atoms with van der Waals surface area (Å²) < 4.78 is 1.71. The number of benzene rings is 2. The van der Waals surface area contributed by atoms with Crippen LogP contribution in [0.2, 0.25) is 5.02 Å². The number of fused-ring (bicyclic) bond motifs is 6. The quantitative estimate of drug-likeness (QED) is 0.449. The summed E-state index contributed by atoms with van der Waals surface area (Å²) in [5, 5.41) is 5.04. The highest BCUT2D eigenvalue weighted by molar-refractivity contribution is 8.00. The number of aromatic nitrogens is 1. The number of hydrogen-bond donors (Lipinski definition) is 1. The lowest BCUT2D eigenvalue weighted by Crippen LogP contribution is -2.34. The number of hydrogen-bond acceptors (Lipinski definition) is 5. The predicted octanol–water partition coefficient (Wildman–Crippen LogP) is 5.92. The fraction of sp³-hybridized carbons (Fsp3) is 0.407. The molecule has 5 nitrogen and oxygen atoms in total. The SMILES string of the molecule is CN(C)c1ccc([C@@H]2c3sc(=O)n(CC(=O)Nc4ccc(Cl)cc4)c3SC3C4CCC(C4)C32)cc1. The fourth-order valence-electron chi connectivity index (χ4n) is 6.32. The molecule has 2 fully saturated rings. The van der Waals surface area contributed by atoms with Crippen molar-refractivity contribution < 1.29 is 4.79 Å². The van der Waals surface area contributed by atoms with E-state index in [0.717, 1.165) is 15.8 Å². The minimum atomic E-state index is -0.197. The third kappa shape index (κ3) is 4.11. The third-order valence-electron chi connectivity index (χ3n) is 7.89. The molecule has 0 radical (unpaired) electrons. The monoisotopic (exact) mass is 525 g/mol. The van der Waals surface area contributed by atoms with Crippen molar-refractivity contribution in [3.63, 3.8) is 0 Å². The van der Waals surface area contributed by atoms with Crippen molar-refractivity contribution in [3.05, 3.63) is 73.7 Å². The average molecular weight is 526 g/mol. The summed E-state index contributed by atoms with van der Waals surface area (Å²) in [6, 6.07) is 15.9. The number of thioether (sulfide) groups is 1. The van der Waals surface area contributed by atoms with Gasteiger partial charge in [0.1, 0.15) is 6.54 Å². The minimum absolute atomic E-state index is 0.0259. The summed E-state index contributed by atoms with van der Waals surface area (Å²) in [4.78, 5) is 29.3. The van der Waals surface area contributed by atoms with E-state index in [9.17, 15) is 9.59 Å². The number of amides is 1. The van der Waals surface area contributed by atoms with Crippen LogP contribution < -0.4 is 15.1 Å². The number of carbonyl (C=O) groups excluding carboxylic acids is 1. The molecule has 2 aromatic carbocycles. The first-order valence-electron chi connectivity index (χ1n) is 12.1. The van der Waals surface area contributed by atoms with E-state index in [4.69, 9.17) is 11.6 Å². The first kappa shape index (κ1) is 23.2. The number of thiazole rings is 1. The average Bonchev–Trinajstić information content (AvgIpc) is 3.54. The van der Waals surface area contributed by atoms with Gasteiger partial charge in [-0.3, -0.25) is 14.2 Å². The Labute approximate surface area is 218 Å². The van der Waals surface area contributed by atoms with Gasteiger partial charge in [-0.05, 0) is 79.0 Å². The van der Waals surface area contributed by atoms with E-state index < -0.39 is 0 Å². The zero-order valence-electron chi connectivity index (χ0n) is 19.7. The molecule has 1 N–H and O–H groups in total. The zero-order valence-corrected chi connectivity index (χ0v) is 22.1. The van der Waals surface area contributed by atoms with Crippen LogP contribution in [0.3, 0.4) is 0 Å². The first-order chi connectivity index (χ1) is 16.9. The Kier molecular flexibility index (Phi) is 5.98. The molecule has 2 aliphatic carbocycles. The van der Waals surface area contributed by atoms with Crippen molar-refractivity contribution in [2.45, 2.75) is 42.0 Å². The van der Waals surface area contributed by atoms with E-state index in [1.165, 1.54) is 41.9 Å². The molecule has 1 amide bonds. The molecule has 182 valence electrons. The Morgan fingerprint density at radius 2 is 1.80 bits per heavy atom. The summed E-state index contributed by atoms with van der Waals surface area (Å²) >= 11 is 9.16. The van der Waals surface area contributed by atoms with Crippen molar-refractivity contribution in [1.82, 2.24) is 4.57 Å². The topological polar surface area (TPSA) is 54.3 Å². The molecule has 1 aliphatic heterocycles. The highest BCUT2D eigenvalue weighted by Crippen LogP contribution is 2.64. The Balaban J connectivity index is 1.35. The van der Waals surface area contributed by atoms with Gasteiger partial charge >= 0.3 is 4.87 Å². The lowest BCUT2D eigenvalue weighted by molar-refractivity contribution is -0.116. The minimum Gasteiger partial charge on any atom is -0.378 e. The van der Waals surface area contributed by atoms with Gasteiger partial charge in [0.05, 0.1) is 5.03 Å². The second kappa shape index (κ2) is 9.02. The molecular formula is C27H28ClN3O2S2. The molecule has 0 saturated heterocycles. The molecule has 2 bridgehead atoms. The van der Waals surface area contributed by atoms with E-state index in [0.29, 0.717) is 27.8 Å². The maximum atomic E-state index is 13.2. The fourth-order valence-corrected chi connectivity index (χ4v) is 9.59. The first-order valence-corrected chi connectivity index (χ1v) is 14.2. The van der Waals surface area contributed by atoms with Gasteiger partial charge in [0.25, 0.3) is 0 Å². The molecule has 8 heteroatoms. The highest BCUT2D eigenvalue weighted by Gasteiger charge is 2.55. The van der Waals surface area contributed by atoms with Crippen molar-refractivity contribution in [2.75, 3.05) is 24.3 Å². The van der Waals surface area contributed by atoms with E-state index in [-0.39, 0.29) is 23.2 Å². The Morgan fingerprint density at radius 3 is 2.51 bits per heavy atom. The van der Waals surface area contributed by atoms with Crippen LogP contribution in [0.5, 0.6) is 0 Å². The number of rotatable bonds is 5. The molecule has 2 heterocycles. The molecule has 3 aliphatic rings. The van der Waals surface area contributed by atoms with Gasteiger partial charge in [0.15, 0.2) is 0 Å². The summed E-state index contributed by atoms with van der Waals surface area (Å²) in [5.41, 5.74) is 3.14. The second-order valence-corrected chi connectivity index (χ2v) is 12.7. The largest absolute Gasteiger partial charge is 0.378 e. The number of nitrogens with one attached hydrogen (secondary N) is 1. The van der Waals surface area contributed by atoms with Gasteiger partial charge in [0, 0.05) is 46.5 Å². The number of carbonyl (C=O) groups is 1. The molecule has 0 spiro atoms. The standard InChI is InChI=1S/C27H28ClN3O2S2/c1-30(2)20-11-5-15(6-12-20)22-23-16-3-4-17(13-16)24(23)34-26-25(22)35-27(33)31(26)14-21(32)29-19-9-7-18(28)8-10-19/h5-12,16-17,22-24H,3-4,13-14H2,1-2H3,(H,29,32)/t16?,17?,22-,23?,24?/m0/s1. The van der Waals surface area contributed by atoms with Crippen LogP contribution in [0.4, 0.5) is 11.4 Å². The van der Waals surface area contributed by atoms with Gasteiger partial charge < -0.3 is 10.2 Å². The smallest absolute Gasteiger partial charge is 0.308 e. The van der Waals surface area contributed by atoms with Gasteiger partial charge in [-0.25, -0.2) is 0 Å². The van der Waals surface area contributed by atoms with Crippen LogP contribution in [0, 0.1) is 17.8 Å². The maximum Gasteiger partial charge on any atom is 0.308 e. The Morgan fingerprint density at radius 1 is 1.09 bits per heavy atom. The van der Waals surface area contributed by atoms with Gasteiger partial charge in [0.2, 0.25) is 5.91 Å². The van der Waals surface area contributed by atoms with Crippen molar-refractivity contribution >= 4 is 52.0 Å². The van der Waals surface area contributed by atoms with Crippen molar-refractivity contribution in [1.29, 1.82) is 0 Å². The molecule has 3 aromatic rings. The van der Waals surface area contributed by atoms with Crippen LogP contribution in [0.15, 0.2) is 58.4 Å². The molecule has 35 heavy (non-hydrogen) atoms. The molecule has 5 atom stereocenters. The Hall–Kier alpha value is -2.22. The molecule has 2 saturated carbocycles. The molecule has 1 aromatic heterocycles. The van der Waals surface area contributed by atoms with Crippen molar-refractivity contribution in [2.24, 2.45) is 17.8 Å². The van der Waals surface area contributed by atoms with Crippen LogP contribution in [-0.2, 0) is 11.3 Å². The highest BCUT2D eigenvalue weighted by atomic mass is 35.5. The van der Waals surface area contributed by atoms with E-state index in [2.05, 4.69) is 48.6 Å². The number of halogens is 1. The van der Waals surface area contributed by atoms with Crippen LogP contribution in [0.1, 0.15) is 35.6 Å². The van der Waals surface area contributed by atoms with E-state index >= 15 is 0 Å². The van der Waals surface area contributed by atoms with Gasteiger partial charge in [-0.1, -0.05) is 35.1 Å². The maximum absolute atomic E-state index is 13.2. The molecular weight excluding hydrogens is 498 g/mol.